The van der Waals surface area contributed by atoms with Crippen molar-refractivity contribution < 1.29 is 19.0 Å². The Morgan fingerprint density at radius 3 is 2.80 bits per heavy atom. The van der Waals surface area contributed by atoms with Crippen LogP contribution in [0.4, 0.5) is 0 Å². The van der Waals surface area contributed by atoms with Crippen LogP contribution in [0.2, 0.25) is 0 Å². The summed E-state index contributed by atoms with van der Waals surface area (Å²) in [7, 11) is 1.49. The molecular weight excluding hydrogens is 258 g/mol. The smallest absolute Gasteiger partial charge is 0.224 e. The molecule has 1 aromatic heterocycles. The second kappa shape index (κ2) is 5.21. The van der Waals surface area contributed by atoms with Gasteiger partial charge in [-0.1, -0.05) is 0 Å². The number of carbonyl (C=O) groups is 1. The first-order valence-corrected chi connectivity index (χ1v) is 6.23. The van der Waals surface area contributed by atoms with Gasteiger partial charge in [0, 0.05) is 11.8 Å². The van der Waals surface area contributed by atoms with Crippen molar-refractivity contribution in [2.75, 3.05) is 20.3 Å². The number of pyridine rings is 1. The van der Waals surface area contributed by atoms with E-state index in [2.05, 4.69) is 4.98 Å². The van der Waals surface area contributed by atoms with Crippen LogP contribution < -0.4 is 14.2 Å². The average molecular weight is 271 g/mol. The maximum absolute atomic E-state index is 12.5. The van der Waals surface area contributed by atoms with Crippen LogP contribution in [0.1, 0.15) is 15.9 Å². The molecule has 1 aliphatic rings. The van der Waals surface area contributed by atoms with Crippen molar-refractivity contribution in [3.05, 3.63) is 47.7 Å². The van der Waals surface area contributed by atoms with Gasteiger partial charge < -0.3 is 14.2 Å². The second-order valence-corrected chi connectivity index (χ2v) is 4.25. The van der Waals surface area contributed by atoms with Gasteiger partial charge in [-0.05, 0) is 30.3 Å². The van der Waals surface area contributed by atoms with E-state index in [1.807, 2.05) is 0 Å². The molecule has 0 N–H and O–H groups in total. The fourth-order valence-electron chi connectivity index (χ4n) is 2.07. The number of nitrogens with zero attached hydrogens (tertiary/aromatic N) is 1. The highest BCUT2D eigenvalue weighted by Gasteiger charge is 2.18. The van der Waals surface area contributed by atoms with Gasteiger partial charge in [-0.3, -0.25) is 4.79 Å². The van der Waals surface area contributed by atoms with E-state index in [0.717, 1.165) is 0 Å². The predicted octanol–water partition coefficient (Wildman–Crippen LogP) is 2.09. The minimum atomic E-state index is -0.160. The molecule has 5 nitrogen and oxygen atoms in total. The van der Waals surface area contributed by atoms with Gasteiger partial charge in [0.25, 0.3) is 0 Å². The van der Waals surface area contributed by atoms with Crippen LogP contribution >= 0.6 is 0 Å². The lowest BCUT2D eigenvalue weighted by atomic mass is 10.0. The summed E-state index contributed by atoms with van der Waals surface area (Å²) >= 11 is 0. The summed E-state index contributed by atoms with van der Waals surface area (Å²) in [6.45, 7) is 1.01. The van der Waals surface area contributed by atoms with Gasteiger partial charge in [0.15, 0.2) is 17.3 Å². The van der Waals surface area contributed by atoms with Crippen molar-refractivity contribution >= 4 is 5.78 Å². The van der Waals surface area contributed by atoms with E-state index >= 15 is 0 Å². The maximum Gasteiger partial charge on any atom is 0.224 e. The van der Waals surface area contributed by atoms with Gasteiger partial charge in [-0.15, -0.1) is 0 Å². The summed E-state index contributed by atoms with van der Waals surface area (Å²) in [4.78, 5) is 16.5. The lowest BCUT2D eigenvalue weighted by Gasteiger charge is -2.18. The zero-order valence-corrected chi connectivity index (χ0v) is 11.0. The number of carbonyl (C=O) groups excluding carboxylic acids is 1. The number of hydrogen-bond donors (Lipinski definition) is 0. The molecule has 5 heteroatoms. The number of aromatic nitrogens is 1. The molecule has 1 aromatic carbocycles. The molecule has 20 heavy (non-hydrogen) atoms. The number of ketones is 1. The zero-order chi connectivity index (χ0) is 13.9. The van der Waals surface area contributed by atoms with Crippen LogP contribution in [0.3, 0.4) is 0 Å². The molecule has 3 rings (SSSR count). The van der Waals surface area contributed by atoms with E-state index < -0.39 is 0 Å². The number of fused-ring (bicyclic) bond motifs is 1. The van der Waals surface area contributed by atoms with Gasteiger partial charge in [0.1, 0.15) is 13.2 Å². The van der Waals surface area contributed by atoms with Crippen LogP contribution in [0.25, 0.3) is 0 Å². The second-order valence-electron chi connectivity index (χ2n) is 4.25. The molecule has 0 saturated carbocycles. The predicted molar refractivity (Wildman–Crippen MR) is 71.7 cm³/mol. The van der Waals surface area contributed by atoms with Crippen LogP contribution in [-0.2, 0) is 0 Å². The van der Waals surface area contributed by atoms with Gasteiger partial charge in [0.05, 0.1) is 12.7 Å². The SMILES string of the molecule is COc1ncccc1C(=O)c1ccc2c(c1)OCCO2. The van der Waals surface area contributed by atoms with Crippen molar-refractivity contribution in [1.29, 1.82) is 0 Å². The molecule has 102 valence electrons. The van der Waals surface area contributed by atoms with Crippen molar-refractivity contribution in [3.8, 4) is 17.4 Å². The van der Waals surface area contributed by atoms with E-state index in [0.29, 0.717) is 41.7 Å². The summed E-state index contributed by atoms with van der Waals surface area (Å²) in [5.74, 6) is 1.40. The quantitative estimate of drug-likeness (QED) is 0.800. The molecule has 2 aromatic rings. The highest BCUT2D eigenvalue weighted by molar-refractivity contribution is 6.10. The van der Waals surface area contributed by atoms with Crippen molar-refractivity contribution in [3.63, 3.8) is 0 Å². The number of hydrogen-bond acceptors (Lipinski definition) is 5. The van der Waals surface area contributed by atoms with E-state index in [4.69, 9.17) is 14.2 Å². The van der Waals surface area contributed by atoms with Crippen LogP contribution in [-0.4, -0.2) is 31.1 Å². The Hall–Kier alpha value is -2.56. The minimum absolute atomic E-state index is 0.160. The maximum atomic E-state index is 12.5. The lowest BCUT2D eigenvalue weighted by Crippen LogP contribution is -2.16. The first-order valence-electron chi connectivity index (χ1n) is 6.23. The highest BCUT2D eigenvalue weighted by Crippen LogP contribution is 2.32. The number of rotatable bonds is 3. The van der Waals surface area contributed by atoms with Gasteiger partial charge >= 0.3 is 0 Å². The Bertz CT molecular complexity index is 654. The fourth-order valence-corrected chi connectivity index (χ4v) is 2.07. The van der Waals surface area contributed by atoms with Gasteiger partial charge in [0.2, 0.25) is 5.88 Å². The molecule has 0 bridgehead atoms. The Labute approximate surface area is 116 Å². The van der Waals surface area contributed by atoms with Gasteiger partial charge in [-0.25, -0.2) is 4.98 Å². The molecule has 0 amide bonds. The summed E-state index contributed by atoms with van der Waals surface area (Å²) < 4.78 is 16.0. The highest BCUT2D eigenvalue weighted by atomic mass is 16.6. The number of ether oxygens (including phenoxy) is 3. The molecule has 2 heterocycles. The summed E-state index contributed by atoms with van der Waals surface area (Å²) in [6.07, 6.45) is 1.58. The first-order chi connectivity index (χ1) is 9.79. The van der Waals surface area contributed by atoms with Crippen LogP contribution in [0, 0.1) is 0 Å². The Balaban J connectivity index is 1.98. The molecular formula is C15H13NO4. The van der Waals surface area contributed by atoms with Crippen LogP contribution in [0.15, 0.2) is 36.5 Å². The molecule has 0 spiro atoms. The molecule has 0 fully saturated rings. The molecule has 0 radical (unpaired) electrons. The Morgan fingerprint density at radius 2 is 2.00 bits per heavy atom. The first kappa shape index (κ1) is 12.5. The minimum Gasteiger partial charge on any atom is -0.486 e. The topological polar surface area (TPSA) is 57.7 Å². The third kappa shape index (κ3) is 2.18. The Kier molecular flexibility index (Phi) is 3.25. The third-order valence-corrected chi connectivity index (χ3v) is 3.01. The van der Waals surface area contributed by atoms with Crippen molar-refractivity contribution in [2.45, 2.75) is 0 Å². The molecule has 0 atom stereocenters. The summed E-state index contributed by atoms with van der Waals surface area (Å²) in [5.41, 5.74) is 0.937. The largest absolute Gasteiger partial charge is 0.486 e. The molecule has 1 aliphatic heterocycles. The lowest BCUT2D eigenvalue weighted by molar-refractivity contribution is 0.103. The van der Waals surface area contributed by atoms with Crippen molar-refractivity contribution in [2.24, 2.45) is 0 Å². The summed E-state index contributed by atoms with van der Waals surface area (Å²) in [6, 6.07) is 8.52. The average Bonchev–Trinajstić information content (AvgIpc) is 2.53. The molecule has 0 saturated heterocycles. The van der Waals surface area contributed by atoms with Gasteiger partial charge in [-0.2, -0.15) is 0 Å². The standard InChI is InChI=1S/C15H13NO4/c1-18-15-11(3-2-6-16-15)14(17)10-4-5-12-13(9-10)20-8-7-19-12/h2-6,9H,7-8H2,1H3. The third-order valence-electron chi connectivity index (χ3n) is 3.01. The van der Waals surface area contributed by atoms with E-state index in [1.165, 1.54) is 7.11 Å². The molecule has 0 aliphatic carbocycles. The Morgan fingerprint density at radius 1 is 1.20 bits per heavy atom. The zero-order valence-electron chi connectivity index (χ0n) is 11.0. The van der Waals surface area contributed by atoms with E-state index in [-0.39, 0.29) is 5.78 Å². The number of benzene rings is 1. The normalized spacial score (nSPS) is 12.8. The van der Waals surface area contributed by atoms with E-state index in [9.17, 15) is 4.79 Å². The molecule has 0 unspecified atom stereocenters. The van der Waals surface area contributed by atoms with Crippen LogP contribution in [0.5, 0.6) is 17.4 Å². The fraction of sp³-hybridized carbons (Fsp3) is 0.200. The van der Waals surface area contributed by atoms with E-state index in [1.54, 1.807) is 36.5 Å². The van der Waals surface area contributed by atoms with Crippen molar-refractivity contribution in [1.82, 2.24) is 4.98 Å². The monoisotopic (exact) mass is 271 g/mol. The number of methoxy groups -OCH3 is 1. The summed E-state index contributed by atoms with van der Waals surface area (Å²) in [5, 5.41) is 0.